The second-order valence-electron chi connectivity index (χ2n) is 4.12. The van der Waals surface area contributed by atoms with Crippen LogP contribution in [0.4, 0.5) is 0 Å². The van der Waals surface area contributed by atoms with Crippen LogP contribution in [0, 0.1) is 5.41 Å². The lowest BCUT2D eigenvalue weighted by molar-refractivity contribution is -0.183. The van der Waals surface area contributed by atoms with E-state index in [2.05, 4.69) is 12.1 Å². The van der Waals surface area contributed by atoms with Gasteiger partial charge in [0.1, 0.15) is 6.61 Å². The third kappa shape index (κ3) is 1.65. The molecular formula is C12H14O2. The van der Waals surface area contributed by atoms with E-state index in [1.165, 1.54) is 5.56 Å². The molecule has 2 rings (SSSR count). The zero-order valence-corrected chi connectivity index (χ0v) is 8.32. The van der Waals surface area contributed by atoms with E-state index in [-0.39, 0.29) is 11.4 Å². The van der Waals surface area contributed by atoms with E-state index in [1.807, 2.05) is 25.1 Å². The summed E-state index contributed by atoms with van der Waals surface area (Å²) in [5.74, 6) is -0.0477. The second-order valence-corrected chi connectivity index (χ2v) is 4.12. The van der Waals surface area contributed by atoms with Crippen molar-refractivity contribution in [1.29, 1.82) is 0 Å². The summed E-state index contributed by atoms with van der Waals surface area (Å²) in [6.45, 7) is 2.56. The molecular weight excluding hydrogens is 176 g/mol. The molecule has 0 bridgehead atoms. The summed E-state index contributed by atoms with van der Waals surface area (Å²) in [5, 5.41) is 0. The van der Waals surface area contributed by atoms with E-state index in [0.29, 0.717) is 6.61 Å². The molecule has 1 aromatic carbocycles. The number of hydrogen-bond acceptors (Lipinski definition) is 2. The summed E-state index contributed by atoms with van der Waals surface area (Å²) in [4.78, 5) is 11.2. The molecule has 74 valence electrons. The van der Waals surface area contributed by atoms with Crippen molar-refractivity contribution < 1.29 is 9.53 Å². The summed E-state index contributed by atoms with van der Waals surface area (Å²) >= 11 is 0. The first-order valence-corrected chi connectivity index (χ1v) is 4.92. The summed E-state index contributed by atoms with van der Waals surface area (Å²) in [6.07, 6.45) is 1.84. The monoisotopic (exact) mass is 190 g/mol. The van der Waals surface area contributed by atoms with Crippen LogP contribution in [-0.4, -0.2) is 12.6 Å². The lowest BCUT2D eigenvalue weighted by Crippen LogP contribution is -2.45. The van der Waals surface area contributed by atoms with Crippen LogP contribution < -0.4 is 0 Å². The average molecular weight is 190 g/mol. The molecule has 0 aromatic heterocycles. The molecule has 0 N–H and O–H groups in total. The Bertz CT molecular complexity index is 331. The van der Waals surface area contributed by atoms with Crippen LogP contribution in [-0.2, 0) is 16.0 Å². The molecule has 1 saturated heterocycles. The highest BCUT2D eigenvalue weighted by Gasteiger charge is 2.43. The smallest absolute Gasteiger partial charge is 0.315 e. The van der Waals surface area contributed by atoms with E-state index < -0.39 is 0 Å². The van der Waals surface area contributed by atoms with Gasteiger partial charge in [-0.2, -0.15) is 0 Å². The number of esters is 1. The van der Waals surface area contributed by atoms with Gasteiger partial charge in [0.25, 0.3) is 0 Å². The first-order chi connectivity index (χ1) is 6.71. The average Bonchev–Trinajstić information content (AvgIpc) is 2.25. The van der Waals surface area contributed by atoms with E-state index in [9.17, 15) is 4.79 Å². The van der Waals surface area contributed by atoms with Crippen molar-refractivity contribution in [2.75, 3.05) is 6.61 Å². The first-order valence-electron chi connectivity index (χ1n) is 4.92. The summed E-state index contributed by atoms with van der Waals surface area (Å²) in [5.41, 5.74) is 1.06. The fourth-order valence-corrected chi connectivity index (χ4v) is 1.62. The molecule has 2 nitrogen and oxygen atoms in total. The Hall–Kier alpha value is -1.31. The molecule has 0 saturated carbocycles. The molecule has 1 atom stereocenters. The topological polar surface area (TPSA) is 26.3 Å². The van der Waals surface area contributed by atoms with Crippen molar-refractivity contribution in [2.45, 2.75) is 19.8 Å². The van der Waals surface area contributed by atoms with Crippen molar-refractivity contribution in [3.05, 3.63) is 35.9 Å². The minimum atomic E-state index is -0.226. The maximum Gasteiger partial charge on any atom is 0.315 e. The number of carbonyl (C=O) groups excluding carboxylic acids is 1. The van der Waals surface area contributed by atoms with Crippen LogP contribution in [0.1, 0.15) is 18.9 Å². The van der Waals surface area contributed by atoms with Crippen LogP contribution in [0.5, 0.6) is 0 Å². The summed E-state index contributed by atoms with van der Waals surface area (Å²) < 4.78 is 4.80. The molecule has 1 aliphatic heterocycles. The molecule has 1 aromatic rings. The first kappa shape index (κ1) is 9.25. The fourth-order valence-electron chi connectivity index (χ4n) is 1.62. The number of aryl methyl sites for hydroxylation is 1. The van der Waals surface area contributed by atoms with Gasteiger partial charge in [0.05, 0.1) is 5.41 Å². The zero-order valence-electron chi connectivity index (χ0n) is 8.32. The molecule has 0 amide bonds. The number of cyclic esters (lactones) is 1. The maximum absolute atomic E-state index is 11.2. The van der Waals surface area contributed by atoms with Crippen LogP contribution in [0.25, 0.3) is 0 Å². The van der Waals surface area contributed by atoms with Gasteiger partial charge < -0.3 is 4.74 Å². The second kappa shape index (κ2) is 3.45. The lowest BCUT2D eigenvalue weighted by atomic mass is 9.81. The molecule has 14 heavy (non-hydrogen) atoms. The molecule has 1 unspecified atom stereocenters. The van der Waals surface area contributed by atoms with Crippen LogP contribution in [0.15, 0.2) is 30.3 Å². The Kier molecular flexibility index (Phi) is 2.28. The molecule has 0 aliphatic carbocycles. The van der Waals surface area contributed by atoms with E-state index >= 15 is 0 Å². The SMILES string of the molecule is CC1(CCc2ccccc2)COC1=O. The quantitative estimate of drug-likeness (QED) is 0.683. The van der Waals surface area contributed by atoms with Crippen molar-refractivity contribution in [2.24, 2.45) is 5.41 Å². The van der Waals surface area contributed by atoms with Gasteiger partial charge in [-0.05, 0) is 25.3 Å². The van der Waals surface area contributed by atoms with Crippen molar-refractivity contribution in [3.63, 3.8) is 0 Å². The minimum Gasteiger partial charge on any atom is -0.464 e. The fraction of sp³-hybridized carbons (Fsp3) is 0.417. The van der Waals surface area contributed by atoms with Crippen molar-refractivity contribution in [3.8, 4) is 0 Å². The Balaban J connectivity index is 1.92. The number of ether oxygens (including phenoxy) is 1. The van der Waals surface area contributed by atoms with Crippen molar-refractivity contribution >= 4 is 5.97 Å². The normalized spacial score (nSPS) is 25.4. The number of benzene rings is 1. The van der Waals surface area contributed by atoms with Crippen LogP contribution in [0.3, 0.4) is 0 Å². The summed E-state index contributed by atoms with van der Waals surface area (Å²) in [6, 6.07) is 10.2. The third-order valence-corrected chi connectivity index (χ3v) is 2.82. The minimum absolute atomic E-state index is 0.0477. The molecule has 1 aliphatic rings. The van der Waals surface area contributed by atoms with Crippen LogP contribution in [0.2, 0.25) is 0 Å². The highest BCUT2D eigenvalue weighted by molar-refractivity contribution is 5.81. The highest BCUT2D eigenvalue weighted by Crippen LogP contribution is 2.33. The van der Waals surface area contributed by atoms with Crippen molar-refractivity contribution in [1.82, 2.24) is 0 Å². The third-order valence-electron chi connectivity index (χ3n) is 2.82. The number of hydrogen-bond donors (Lipinski definition) is 0. The molecule has 1 heterocycles. The van der Waals surface area contributed by atoms with E-state index in [1.54, 1.807) is 0 Å². The van der Waals surface area contributed by atoms with Crippen LogP contribution >= 0.6 is 0 Å². The molecule has 2 heteroatoms. The molecule has 1 fully saturated rings. The van der Waals surface area contributed by atoms with Gasteiger partial charge in [0, 0.05) is 0 Å². The standard InChI is InChI=1S/C12H14O2/c1-12(9-14-11(12)13)8-7-10-5-3-2-4-6-10/h2-6H,7-9H2,1H3. The molecule has 0 radical (unpaired) electrons. The Morgan fingerprint density at radius 1 is 1.36 bits per heavy atom. The lowest BCUT2D eigenvalue weighted by Gasteiger charge is -2.35. The van der Waals surface area contributed by atoms with Gasteiger partial charge in [-0.25, -0.2) is 0 Å². The Morgan fingerprint density at radius 2 is 2.07 bits per heavy atom. The predicted octanol–water partition coefficient (Wildman–Crippen LogP) is 2.18. The zero-order chi connectivity index (χ0) is 10.0. The van der Waals surface area contributed by atoms with Gasteiger partial charge in [0.2, 0.25) is 0 Å². The summed E-state index contributed by atoms with van der Waals surface area (Å²) in [7, 11) is 0. The van der Waals surface area contributed by atoms with E-state index in [4.69, 9.17) is 4.74 Å². The largest absolute Gasteiger partial charge is 0.464 e. The van der Waals surface area contributed by atoms with Gasteiger partial charge in [-0.3, -0.25) is 4.79 Å². The van der Waals surface area contributed by atoms with Gasteiger partial charge in [-0.15, -0.1) is 0 Å². The predicted molar refractivity (Wildman–Crippen MR) is 53.8 cm³/mol. The maximum atomic E-state index is 11.2. The molecule has 0 spiro atoms. The highest BCUT2D eigenvalue weighted by atomic mass is 16.6. The number of carbonyl (C=O) groups is 1. The Labute approximate surface area is 83.9 Å². The van der Waals surface area contributed by atoms with Gasteiger partial charge in [-0.1, -0.05) is 30.3 Å². The number of rotatable bonds is 3. The Morgan fingerprint density at radius 3 is 2.57 bits per heavy atom. The van der Waals surface area contributed by atoms with E-state index in [0.717, 1.165) is 12.8 Å². The van der Waals surface area contributed by atoms with Gasteiger partial charge in [0.15, 0.2) is 0 Å². The van der Waals surface area contributed by atoms with Gasteiger partial charge >= 0.3 is 5.97 Å².